The maximum absolute atomic E-state index is 13.7. The number of hydrogen-bond acceptors (Lipinski definition) is 4. The Hall–Kier alpha value is -3.19. The molecule has 1 atom stereocenters. The summed E-state index contributed by atoms with van der Waals surface area (Å²) in [6.07, 6.45) is 0. The zero-order chi connectivity index (χ0) is 21.3. The monoisotopic (exact) mass is 424 g/mol. The van der Waals surface area contributed by atoms with Gasteiger partial charge in [-0.2, -0.15) is 5.10 Å². The number of methoxy groups -OCH3 is 1. The van der Waals surface area contributed by atoms with Crippen molar-refractivity contribution >= 4 is 22.7 Å². The molecule has 1 amide bonds. The highest BCUT2D eigenvalue weighted by atomic mass is 32.2. The van der Waals surface area contributed by atoms with E-state index in [4.69, 9.17) is 4.74 Å². The molecule has 3 aromatic rings. The molecule has 30 heavy (non-hydrogen) atoms. The van der Waals surface area contributed by atoms with Crippen LogP contribution >= 0.6 is 11.8 Å². The number of carbonyl (C=O) groups excluding carboxylic acids is 1. The summed E-state index contributed by atoms with van der Waals surface area (Å²) in [4.78, 5) is 13.3. The van der Waals surface area contributed by atoms with E-state index in [1.807, 2.05) is 19.1 Å². The number of aryl methyl sites for hydroxylation is 1. The van der Waals surface area contributed by atoms with Crippen LogP contribution in [0, 0.1) is 18.6 Å². The Bertz CT molecular complexity index is 1130. The lowest BCUT2D eigenvalue weighted by Gasteiger charge is -2.23. The lowest BCUT2D eigenvalue weighted by molar-refractivity contribution is 0.0748. The van der Waals surface area contributed by atoms with Crippen LogP contribution in [-0.2, 0) is 0 Å². The number of carbonyl (C=O) groups is 1. The van der Waals surface area contributed by atoms with Gasteiger partial charge in [0.05, 0.1) is 7.11 Å². The molecule has 0 N–H and O–H groups in total. The van der Waals surface area contributed by atoms with Crippen molar-refractivity contribution in [1.29, 1.82) is 0 Å². The number of amides is 1. The Kier molecular flexibility index (Phi) is 5.55. The SMILES string of the molecule is COc1cc(F)ccc1C1SC(c2ccc(F)cc2)=NN1C(=O)c1cccc(C)c1. The first kappa shape index (κ1) is 20.1. The van der Waals surface area contributed by atoms with Gasteiger partial charge in [0.1, 0.15) is 27.8 Å². The third kappa shape index (κ3) is 3.93. The van der Waals surface area contributed by atoms with Gasteiger partial charge in [-0.15, -0.1) is 0 Å². The first-order chi connectivity index (χ1) is 14.5. The van der Waals surface area contributed by atoms with E-state index in [0.717, 1.165) is 5.56 Å². The summed E-state index contributed by atoms with van der Waals surface area (Å²) < 4.78 is 32.4. The molecule has 3 aromatic carbocycles. The minimum absolute atomic E-state index is 0.292. The van der Waals surface area contributed by atoms with Gasteiger partial charge >= 0.3 is 0 Å². The van der Waals surface area contributed by atoms with Gasteiger partial charge in [0.25, 0.3) is 5.91 Å². The third-order valence-electron chi connectivity index (χ3n) is 4.67. The second-order valence-corrected chi connectivity index (χ2v) is 7.86. The molecule has 4 rings (SSSR count). The zero-order valence-corrected chi connectivity index (χ0v) is 17.1. The van der Waals surface area contributed by atoms with Crippen LogP contribution in [0.4, 0.5) is 8.78 Å². The van der Waals surface area contributed by atoms with Crippen LogP contribution in [0.5, 0.6) is 5.75 Å². The maximum atomic E-state index is 13.7. The van der Waals surface area contributed by atoms with Crippen LogP contribution in [0.1, 0.15) is 32.4 Å². The lowest BCUT2D eigenvalue weighted by Crippen LogP contribution is -2.26. The molecule has 0 fully saturated rings. The van der Waals surface area contributed by atoms with Crippen LogP contribution in [0.15, 0.2) is 71.8 Å². The fraction of sp³-hybridized carbons (Fsp3) is 0.130. The summed E-state index contributed by atoms with van der Waals surface area (Å²) in [5.41, 5.74) is 2.75. The molecule has 1 aliphatic heterocycles. The zero-order valence-electron chi connectivity index (χ0n) is 16.3. The first-order valence-electron chi connectivity index (χ1n) is 9.21. The molecule has 4 nitrogen and oxygen atoms in total. The van der Waals surface area contributed by atoms with E-state index in [1.165, 1.54) is 48.1 Å². The van der Waals surface area contributed by atoms with Crippen molar-refractivity contribution in [2.75, 3.05) is 7.11 Å². The molecule has 0 aromatic heterocycles. The molecule has 0 saturated carbocycles. The van der Waals surface area contributed by atoms with Crippen LogP contribution < -0.4 is 4.74 Å². The summed E-state index contributed by atoms with van der Waals surface area (Å²) in [7, 11) is 1.45. The molecule has 1 aliphatic rings. The molecule has 1 heterocycles. The maximum Gasteiger partial charge on any atom is 0.275 e. The highest BCUT2D eigenvalue weighted by Crippen LogP contribution is 2.45. The second kappa shape index (κ2) is 8.28. The Morgan fingerprint density at radius 1 is 1.03 bits per heavy atom. The number of nitrogens with zero attached hydrogens (tertiary/aromatic N) is 2. The van der Waals surface area contributed by atoms with Gasteiger partial charge in [-0.3, -0.25) is 4.79 Å². The van der Waals surface area contributed by atoms with Crippen molar-refractivity contribution in [3.63, 3.8) is 0 Å². The van der Waals surface area contributed by atoms with Crippen LogP contribution in [0.25, 0.3) is 0 Å². The predicted molar refractivity (Wildman–Crippen MR) is 114 cm³/mol. The first-order valence-corrected chi connectivity index (χ1v) is 10.1. The van der Waals surface area contributed by atoms with Crippen LogP contribution in [-0.4, -0.2) is 23.1 Å². The van der Waals surface area contributed by atoms with Crippen molar-refractivity contribution in [2.24, 2.45) is 5.10 Å². The Balaban J connectivity index is 1.78. The average molecular weight is 424 g/mol. The highest BCUT2D eigenvalue weighted by molar-refractivity contribution is 8.14. The quantitative estimate of drug-likeness (QED) is 0.553. The van der Waals surface area contributed by atoms with Gasteiger partial charge in [0.2, 0.25) is 0 Å². The molecule has 0 spiro atoms. The number of hydrogen-bond donors (Lipinski definition) is 0. The molecule has 1 unspecified atom stereocenters. The summed E-state index contributed by atoms with van der Waals surface area (Å²) in [6, 6.07) is 17.3. The molecular formula is C23H18F2N2O2S. The van der Waals surface area contributed by atoms with Crippen molar-refractivity contribution in [1.82, 2.24) is 5.01 Å². The summed E-state index contributed by atoms with van der Waals surface area (Å²) >= 11 is 1.32. The number of benzene rings is 3. The Morgan fingerprint density at radius 3 is 2.47 bits per heavy atom. The fourth-order valence-corrected chi connectivity index (χ4v) is 4.38. The predicted octanol–water partition coefficient (Wildman–Crippen LogP) is 5.53. The molecule has 0 aliphatic carbocycles. The molecule has 0 saturated heterocycles. The summed E-state index contributed by atoms with van der Waals surface area (Å²) in [6.45, 7) is 1.91. The van der Waals surface area contributed by atoms with E-state index in [0.29, 0.717) is 27.5 Å². The normalized spacial score (nSPS) is 15.8. The topological polar surface area (TPSA) is 41.9 Å². The number of thioether (sulfide) groups is 1. The van der Waals surface area contributed by atoms with Gasteiger partial charge in [0, 0.05) is 22.8 Å². The standard InChI is InChI=1S/C23H18F2N2O2S/c1-14-4-3-5-16(12-14)22(28)27-23(19-11-10-18(25)13-20(19)29-2)30-21(26-27)15-6-8-17(24)9-7-15/h3-13,23H,1-2H3. The lowest BCUT2D eigenvalue weighted by atomic mass is 10.1. The Labute approximate surface area is 177 Å². The highest BCUT2D eigenvalue weighted by Gasteiger charge is 2.36. The van der Waals surface area contributed by atoms with Gasteiger partial charge in [-0.25, -0.2) is 13.8 Å². The number of hydrazone groups is 1. The molecular weight excluding hydrogens is 406 g/mol. The molecule has 152 valence electrons. The van der Waals surface area contributed by atoms with E-state index in [1.54, 1.807) is 30.3 Å². The average Bonchev–Trinajstić information content (AvgIpc) is 3.18. The van der Waals surface area contributed by atoms with E-state index in [9.17, 15) is 13.6 Å². The minimum Gasteiger partial charge on any atom is -0.496 e. The van der Waals surface area contributed by atoms with Gasteiger partial charge in [-0.1, -0.05) is 29.5 Å². The van der Waals surface area contributed by atoms with E-state index >= 15 is 0 Å². The van der Waals surface area contributed by atoms with E-state index in [2.05, 4.69) is 5.10 Å². The van der Waals surface area contributed by atoms with E-state index in [-0.39, 0.29) is 11.7 Å². The van der Waals surface area contributed by atoms with Crippen molar-refractivity contribution < 1.29 is 18.3 Å². The fourth-order valence-electron chi connectivity index (χ4n) is 3.19. The minimum atomic E-state index is -0.561. The van der Waals surface area contributed by atoms with Gasteiger partial charge in [0.15, 0.2) is 0 Å². The van der Waals surface area contributed by atoms with Crippen molar-refractivity contribution in [3.8, 4) is 5.75 Å². The number of ether oxygens (including phenoxy) is 1. The molecule has 0 radical (unpaired) electrons. The summed E-state index contributed by atoms with van der Waals surface area (Å²) in [5, 5.41) is 5.91. The van der Waals surface area contributed by atoms with Crippen molar-refractivity contribution in [3.05, 3.63) is 101 Å². The molecule has 0 bridgehead atoms. The van der Waals surface area contributed by atoms with Gasteiger partial charge < -0.3 is 4.74 Å². The summed E-state index contributed by atoms with van der Waals surface area (Å²) in [5.74, 6) is -0.758. The van der Waals surface area contributed by atoms with Crippen molar-refractivity contribution in [2.45, 2.75) is 12.3 Å². The molecule has 7 heteroatoms. The largest absolute Gasteiger partial charge is 0.496 e. The Morgan fingerprint density at radius 2 is 1.77 bits per heavy atom. The second-order valence-electron chi connectivity index (χ2n) is 6.79. The van der Waals surface area contributed by atoms with E-state index < -0.39 is 11.2 Å². The smallest absolute Gasteiger partial charge is 0.275 e. The van der Waals surface area contributed by atoms with Gasteiger partial charge in [-0.05, 0) is 55.5 Å². The van der Waals surface area contributed by atoms with Crippen LogP contribution in [0.3, 0.4) is 0 Å². The number of halogens is 2. The third-order valence-corrected chi connectivity index (χ3v) is 5.89. The number of rotatable bonds is 4. The van der Waals surface area contributed by atoms with Crippen LogP contribution in [0.2, 0.25) is 0 Å².